The van der Waals surface area contributed by atoms with Gasteiger partial charge in [0.1, 0.15) is 24.9 Å². The number of esters is 2. The van der Waals surface area contributed by atoms with Gasteiger partial charge in [-0.05, 0) is 18.8 Å². The van der Waals surface area contributed by atoms with Gasteiger partial charge in [-0.2, -0.15) is 0 Å². The number of hydrogen-bond acceptors (Lipinski definition) is 10. The fourth-order valence-electron chi connectivity index (χ4n) is 7.18. The van der Waals surface area contributed by atoms with Crippen molar-refractivity contribution in [3.8, 4) is 0 Å². The molecule has 0 amide bonds. The van der Waals surface area contributed by atoms with E-state index in [-0.39, 0.29) is 26.1 Å². The number of rotatable bonds is 37. The van der Waals surface area contributed by atoms with Crippen molar-refractivity contribution < 1.29 is 53.8 Å². The maximum absolute atomic E-state index is 12.7. The molecule has 324 valence electrons. The first-order valence-electron chi connectivity index (χ1n) is 22.5. The summed E-state index contributed by atoms with van der Waals surface area (Å²) in [5, 5.41) is 39.8. The Balaban J connectivity index is 2.39. The van der Waals surface area contributed by atoms with Gasteiger partial charge in [0, 0.05) is 12.8 Å². The first kappa shape index (κ1) is 51.2. The Kier molecular flexibility index (Phi) is 31.9. The summed E-state index contributed by atoms with van der Waals surface area (Å²) >= 11 is 0. The number of hydrogen-bond donors (Lipinski definition) is 4. The standard InChI is InChI=1S/C44H82O11/c1-4-6-8-10-12-13-14-15-16-17-18-24-28-32-38(46)54-36(34-53-44-41(49)39(47)40(48)42(55-44)43(50)51)33-52-37(45)31-27-23-20-19-22-26-30-35(3)29-25-21-11-9-7-5-2/h35-36,39-42,44,47-49H,4-34H2,1-3H3,(H,50,51)/t35-,36-,39+,40+,41-,42+,44+/m1/s1. The normalized spacial score (nSPS) is 20.9. The molecule has 0 radical (unpaired) electrons. The molecule has 55 heavy (non-hydrogen) atoms. The van der Waals surface area contributed by atoms with Gasteiger partial charge >= 0.3 is 17.9 Å². The van der Waals surface area contributed by atoms with E-state index in [0.29, 0.717) is 12.8 Å². The van der Waals surface area contributed by atoms with E-state index in [1.54, 1.807) is 0 Å². The average molecular weight is 787 g/mol. The minimum absolute atomic E-state index is 0.189. The third-order valence-corrected chi connectivity index (χ3v) is 10.9. The number of carboxylic acids is 1. The van der Waals surface area contributed by atoms with Crippen molar-refractivity contribution in [2.45, 2.75) is 244 Å². The predicted octanol–water partition coefficient (Wildman–Crippen LogP) is 9.34. The first-order valence-corrected chi connectivity index (χ1v) is 22.5. The van der Waals surface area contributed by atoms with Crippen LogP contribution in [0.5, 0.6) is 0 Å². The lowest BCUT2D eigenvalue weighted by atomic mass is 9.96. The number of aliphatic carboxylic acids is 1. The third-order valence-electron chi connectivity index (χ3n) is 10.9. The van der Waals surface area contributed by atoms with Crippen molar-refractivity contribution in [2.75, 3.05) is 13.2 Å². The molecule has 0 unspecified atom stereocenters. The Morgan fingerprint density at radius 2 is 0.964 bits per heavy atom. The zero-order valence-corrected chi connectivity index (χ0v) is 35.1. The van der Waals surface area contributed by atoms with Crippen LogP contribution in [-0.2, 0) is 33.3 Å². The number of carbonyl (C=O) groups is 3. The van der Waals surface area contributed by atoms with Gasteiger partial charge in [0.15, 0.2) is 18.5 Å². The van der Waals surface area contributed by atoms with Gasteiger partial charge in [-0.15, -0.1) is 0 Å². The topological polar surface area (TPSA) is 169 Å². The van der Waals surface area contributed by atoms with E-state index in [4.69, 9.17) is 18.9 Å². The molecule has 11 nitrogen and oxygen atoms in total. The highest BCUT2D eigenvalue weighted by Gasteiger charge is 2.47. The molecule has 0 aromatic heterocycles. The van der Waals surface area contributed by atoms with Crippen molar-refractivity contribution in [1.29, 1.82) is 0 Å². The lowest BCUT2D eigenvalue weighted by Gasteiger charge is -2.38. The number of aliphatic hydroxyl groups excluding tert-OH is 3. The summed E-state index contributed by atoms with van der Waals surface area (Å²) in [6.07, 6.45) is 22.9. The first-order chi connectivity index (χ1) is 26.6. The van der Waals surface area contributed by atoms with Crippen molar-refractivity contribution in [3.05, 3.63) is 0 Å². The molecule has 1 heterocycles. The summed E-state index contributed by atoms with van der Waals surface area (Å²) in [5.41, 5.74) is 0. The average Bonchev–Trinajstić information content (AvgIpc) is 3.16. The highest BCUT2D eigenvalue weighted by molar-refractivity contribution is 5.73. The molecule has 1 aliphatic heterocycles. The Morgan fingerprint density at radius 3 is 1.42 bits per heavy atom. The maximum atomic E-state index is 12.7. The molecular formula is C44H82O11. The molecule has 1 aliphatic rings. The largest absolute Gasteiger partial charge is 0.479 e. The second kappa shape index (κ2) is 34.3. The van der Waals surface area contributed by atoms with E-state index in [1.165, 1.54) is 122 Å². The van der Waals surface area contributed by atoms with E-state index in [2.05, 4.69) is 20.8 Å². The van der Waals surface area contributed by atoms with E-state index in [9.17, 15) is 34.8 Å². The van der Waals surface area contributed by atoms with Gasteiger partial charge in [-0.3, -0.25) is 9.59 Å². The lowest BCUT2D eigenvalue weighted by molar-refractivity contribution is -0.298. The Hall–Kier alpha value is -1.79. The number of carboxylic acid groups (broad SMARTS) is 1. The molecule has 0 bridgehead atoms. The summed E-state index contributed by atoms with van der Waals surface area (Å²) < 4.78 is 21.8. The minimum Gasteiger partial charge on any atom is -0.479 e. The van der Waals surface area contributed by atoms with Crippen LogP contribution in [0, 0.1) is 5.92 Å². The summed E-state index contributed by atoms with van der Waals surface area (Å²) in [4.78, 5) is 36.8. The zero-order chi connectivity index (χ0) is 40.5. The molecule has 0 spiro atoms. The van der Waals surface area contributed by atoms with Crippen LogP contribution >= 0.6 is 0 Å². The smallest absolute Gasteiger partial charge is 0.335 e. The second-order valence-electron chi connectivity index (χ2n) is 16.2. The molecule has 4 N–H and O–H groups in total. The zero-order valence-electron chi connectivity index (χ0n) is 35.1. The maximum Gasteiger partial charge on any atom is 0.335 e. The summed E-state index contributed by atoms with van der Waals surface area (Å²) in [5.74, 6) is -1.64. The van der Waals surface area contributed by atoms with Gasteiger partial charge < -0.3 is 39.4 Å². The Labute approximate surface area is 334 Å². The van der Waals surface area contributed by atoms with Crippen molar-refractivity contribution >= 4 is 17.9 Å². The van der Waals surface area contributed by atoms with E-state index in [1.807, 2.05) is 0 Å². The van der Waals surface area contributed by atoms with Crippen LogP contribution in [0.25, 0.3) is 0 Å². The third kappa shape index (κ3) is 26.7. The molecule has 1 fully saturated rings. The van der Waals surface area contributed by atoms with Gasteiger partial charge in [0.2, 0.25) is 0 Å². The minimum atomic E-state index is -1.86. The monoisotopic (exact) mass is 787 g/mol. The Bertz CT molecular complexity index is 947. The van der Waals surface area contributed by atoms with Crippen LogP contribution in [0.3, 0.4) is 0 Å². The fourth-order valence-corrected chi connectivity index (χ4v) is 7.18. The second-order valence-corrected chi connectivity index (χ2v) is 16.2. The SMILES string of the molecule is CCCCCCCCCCCCCCCC(=O)O[C@H](COC(=O)CCCCCCCC[C@H](C)CCCCCCCC)CO[C@H]1O[C@H](C(=O)O)[C@@H](O)[C@H](O)[C@H]1O. The van der Waals surface area contributed by atoms with Gasteiger partial charge in [0.25, 0.3) is 0 Å². The number of unbranched alkanes of at least 4 members (excludes halogenated alkanes) is 22. The van der Waals surface area contributed by atoms with E-state index < -0.39 is 54.7 Å². The lowest BCUT2D eigenvalue weighted by Crippen LogP contribution is -2.60. The fraction of sp³-hybridized carbons (Fsp3) is 0.932. The molecule has 0 aromatic carbocycles. The van der Waals surface area contributed by atoms with Crippen LogP contribution in [0.1, 0.15) is 207 Å². The molecule has 0 saturated carbocycles. The summed E-state index contributed by atoms with van der Waals surface area (Å²) in [6.45, 7) is 6.19. The molecule has 0 aromatic rings. The number of aliphatic hydroxyl groups is 3. The molecule has 0 aliphatic carbocycles. The van der Waals surface area contributed by atoms with Crippen molar-refractivity contribution in [2.24, 2.45) is 5.92 Å². The van der Waals surface area contributed by atoms with Crippen molar-refractivity contribution in [1.82, 2.24) is 0 Å². The van der Waals surface area contributed by atoms with Gasteiger partial charge in [-0.1, -0.05) is 181 Å². The van der Waals surface area contributed by atoms with E-state index in [0.717, 1.165) is 44.4 Å². The van der Waals surface area contributed by atoms with E-state index >= 15 is 0 Å². The van der Waals surface area contributed by atoms with Crippen LogP contribution in [0.2, 0.25) is 0 Å². The van der Waals surface area contributed by atoms with Crippen LogP contribution in [-0.4, -0.2) is 88.4 Å². The quantitative estimate of drug-likeness (QED) is 0.0350. The number of ether oxygens (including phenoxy) is 4. The van der Waals surface area contributed by atoms with Crippen LogP contribution in [0.4, 0.5) is 0 Å². The molecule has 1 rings (SSSR count). The van der Waals surface area contributed by atoms with Crippen molar-refractivity contribution in [3.63, 3.8) is 0 Å². The highest BCUT2D eigenvalue weighted by atomic mass is 16.7. The van der Waals surface area contributed by atoms with Gasteiger partial charge in [-0.25, -0.2) is 4.79 Å². The molecule has 1 saturated heterocycles. The molecule has 11 heteroatoms. The predicted molar refractivity (Wildman–Crippen MR) is 216 cm³/mol. The summed E-state index contributed by atoms with van der Waals surface area (Å²) in [7, 11) is 0. The van der Waals surface area contributed by atoms with Crippen LogP contribution < -0.4 is 0 Å². The van der Waals surface area contributed by atoms with Crippen LogP contribution in [0.15, 0.2) is 0 Å². The number of carbonyl (C=O) groups excluding carboxylic acids is 2. The highest BCUT2D eigenvalue weighted by Crippen LogP contribution is 2.23. The molecule has 7 atom stereocenters. The Morgan fingerprint density at radius 1 is 0.545 bits per heavy atom. The molecular weight excluding hydrogens is 704 g/mol. The van der Waals surface area contributed by atoms with Gasteiger partial charge in [0.05, 0.1) is 6.61 Å². The summed E-state index contributed by atoms with van der Waals surface area (Å²) in [6, 6.07) is 0.